The van der Waals surface area contributed by atoms with Gasteiger partial charge >= 0.3 is 0 Å². The van der Waals surface area contributed by atoms with Crippen LogP contribution in [0.4, 0.5) is 0 Å². The van der Waals surface area contributed by atoms with E-state index >= 15 is 0 Å². The number of hydrogen-bond donors (Lipinski definition) is 3. The first-order valence-corrected chi connectivity index (χ1v) is 4.48. The smallest absolute Gasteiger partial charge is 0.242 e. The van der Waals surface area contributed by atoms with Gasteiger partial charge in [-0.15, -0.1) is 0 Å². The molecule has 4 N–H and O–H groups in total. The molecule has 0 radical (unpaired) electrons. The quantitative estimate of drug-likeness (QED) is 0.512. The lowest BCUT2D eigenvalue weighted by Crippen LogP contribution is -2.47. The molecule has 1 heterocycles. The van der Waals surface area contributed by atoms with Crippen LogP contribution in [0.2, 0.25) is 0 Å². The summed E-state index contributed by atoms with van der Waals surface area (Å²) in [5.74, 6) is -0.360. The summed E-state index contributed by atoms with van der Waals surface area (Å²) in [7, 11) is 0. The Balaban J connectivity index is 2.39. The molecule has 1 rings (SSSR count). The second kappa shape index (κ2) is 4.23. The molecule has 2 amide bonds. The largest absolute Gasteiger partial charge is 0.354 e. The molecule has 1 saturated heterocycles. The Morgan fingerprint density at radius 1 is 1.85 bits per heavy atom. The molecule has 5 nitrogen and oxygen atoms in total. The van der Waals surface area contributed by atoms with Crippen LogP contribution in [0.25, 0.3) is 0 Å². The van der Waals surface area contributed by atoms with Crippen LogP contribution < -0.4 is 16.4 Å². The zero-order valence-corrected chi connectivity index (χ0v) is 7.67. The summed E-state index contributed by atoms with van der Waals surface area (Å²) in [6, 6.07) is -0.890. The van der Waals surface area contributed by atoms with Crippen LogP contribution in [0.15, 0.2) is 0 Å². The Morgan fingerprint density at radius 2 is 2.54 bits per heavy atom. The highest BCUT2D eigenvalue weighted by Gasteiger charge is 2.26. The maximum atomic E-state index is 11.3. The molecule has 74 valence electrons. The van der Waals surface area contributed by atoms with Crippen LogP contribution in [0.1, 0.15) is 19.8 Å². The van der Waals surface area contributed by atoms with E-state index in [4.69, 9.17) is 5.73 Å². The molecule has 1 unspecified atom stereocenters. The summed E-state index contributed by atoms with van der Waals surface area (Å²) in [6.45, 7) is 2.46. The Kier molecular flexibility index (Phi) is 3.25. The number of hydrogen-bond acceptors (Lipinski definition) is 3. The van der Waals surface area contributed by atoms with E-state index in [2.05, 4.69) is 10.6 Å². The van der Waals surface area contributed by atoms with Crippen molar-refractivity contribution in [2.75, 3.05) is 6.54 Å². The normalized spacial score (nSPS) is 23.8. The SMILES string of the molecule is CCC(N)C(=O)N[C@H]1CCNC1=O. The van der Waals surface area contributed by atoms with Gasteiger partial charge in [-0.25, -0.2) is 0 Å². The standard InChI is InChI=1S/C8H15N3O2/c1-2-5(9)7(12)11-6-3-4-10-8(6)13/h5-6H,2-4,9H2,1H3,(H,10,13)(H,11,12)/t5?,6-/m0/s1. The first kappa shape index (κ1) is 9.98. The lowest BCUT2D eigenvalue weighted by atomic mass is 10.2. The minimum atomic E-state index is -0.506. The maximum Gasteiger partial charge on any atom is 0.242 e. The van der Waals surface area contributed by atoms with Gasteiger partial charge in [0.1, 0.15) is 6.04 Å². The highest BCUT2D eigenvalue weighted by atomic mass is 16.2. The van der Waals surface area contributed by atoms with E-state index in [1.165, 1.54) is 0 Å². The summed E-state index contributed by atoms with van der Waals surface area (Å²) in [4.78, 5) is 22.3. The number of nitrogens with one attached hydrogen (secondary N) is 2. The molecule has 5 heteroatoms. The third kappa shape index (κ3) is 2.42. The molecule has 0 aromatic carbocycles. The average molecular weight is 185 g/mol. The Labute approximate surface area is 77.1 Å². The van der Waals surface area contributed by atoms with Crippen LogP contribution in [0, 0.1) is 0 Å². The highest BCUT2D eigenvalue weighted by Crippen LogP contribution is 1.99. The van der Waals surface area contributed by atoms with E-state index in [-0.39, 0.29) is 17.9 Å². The van der Waals surface area contributed by atoms with Crippen LogP contribution in [0.3, 0.4) is 0 Å². The molecular formula is C8H15N3O2. The van der Waals surface area contributed by atoms with Gasteiger partial charge in [-0.3, -0.25) is 9.59 Å². The molecule has 13 heavy (non-hydrogen) atoms. The van der Waals surface area contributed by atoms with Gasteiger partial charge in [-0.1, -0.05) is 6.92 Å². The van der Waals surface area contributed by atoms with Crippen molar-refractivity contribution >= 4 is 11.8 Å². The predicted octanol–water partition coefficient (Wildman–Crippen LogP) is -1.27. The molecule has 0 bridgehead atoms. The average Bonchev–Trinajstić information content (AvgIpc) is 2.50. The van der Waals surface area contributed by atoms with Gasteiger partial charge < -0.3 is 16.4 Å². The summed E-state index contributed by atoms with van der Waals surface area (Å²) in [5, 5.41) is 5.24. The highest BCUT2D eigenvalue weighted by molar-refractivity contribution is 5.90. The van der Waals surface area contributed by atoms with Crippen molar-refractivity contribution in [2.24, 2.45) is 5.73 Å². The number of nitrogens with two attached hydrogens (primary N) is 1. The number of carbonyl (C=O) groups excluding carboxylic acids is 2. The minimum absolute atomic E-state index is 0.114. The van der Waals surface area contributed by atoms with E-state index in [0.717, 1.165) is 0 Å². The van der Waals surface area contributed by atoms with E-state index in [1.54, 1.807) is 0 Å². The van der Waals surface area contributed by atoms with Gasteiger partial charge in [0, 0.05) is 6.54 Å². The van der Waals surface area contributed by atoms with Crippen molar-refractivity contribution in [3.8, 4) is 0 Å². The second-order valence-electron chi connectivity index (χ2n) is 3.16. The fraction of sp³-hybridized carbons (Fsp3) is 0.750. The van der Waals surface area contributed by atoms with Crippen LogP contribution >= 0.6 is 0 Å². The third-order valence-corrected chi connectivity index (χ3v) is 2.14. The predicted molar refractivity (Wildman–Crippen MR) is 47.8 cm³/mol. The molecule has 1 aliphatic heterocycles. The van der Waals surface area contributed by atoms with E-state index < -0.39 is 6.04 Å². The van der Waals surface area contributed by atoms with Gasteiger partial charge in [0.05, 0.1) is 6.04 Å². The Morgan fingerprint density at radius 3 is 3.00 bits per heavy atom. The molecule has 0 saturated carbocycles. The molecule has 0 aliphatic carbocycles. The lowest BCUT2D eigenvalue weighted by Gasteiger charge is -2.13. The van der Waals surface area contributed by atoms with Gasteiger partial charge in [0.15, 0.2) is 0 Å². The van der Waals surface area contributed by atoms with E-state index in [0.29, 0.717) is 19.4 Å². The van der Waals surface area contributed by atoms with E-state index in [1.807, 2.05) is 6.92 Å². The van der Waals surface area contributed by atoms with Gasteiger partial charge in [-0.2, -0.15) is 0 Å². The van der Waals surface area contributed by atoms with Crippen molar-refractivity contribution in [3.05, 3.63) is 0 Å². The summed E-state index contributed by atoms with van der Waals surface area (Å²) in [5.41, 5.74) is 5.50. The van der Waals surface area contributed by atoms with Gasteiger partial charge in [-0.05, 0) is 12.8 Å². The first-order chi connectivity index (χ1) is 6.15. The Hall–Kier alpha value is -1.10. The van der Waals surface area contributed by atoms with Crippen molar-refractivity contribution in [3.63, 3.8) is 0 Å². The lowest BCUT2D eigenvalue weighted by molar-refractivity contribution is -0.128. The van der Waals surface area contributed by atoms with E-state index in [9.17, 15) is 9.59 Å². The summed E-state index contributed by atoms with van der Waals surface area (Å²) in [6.07, 6.45) is 1.24. The number of carbonyl (C=O) groups is 2. The second-order valence-corrected chi connectivity index (χ2v) is 3.16. The van der Waals surface area contributed by atoms with Crippen LogP contribution in [-0.2, 0) is 9.59 Å². The minimum Gasteiger partial charge on any atom is -0.354 e. The molecule has 1 fully saturated rings. The zero-order chi connectivity index (χ0) is 9.84. The molecule has 0 spiro atoms. The van der Waals surface area contributed by atoms with Crippen LogP contribution in [0.5, 0.6) is 0 Å². The topological polar surface area (TPSA) is 84.2 Å². The van der Waals surface area contributed by atoms with Crippen molar-refractivity contribution < 1.29 is 9.59 Å². The molecular weight excluding hydrogens is 170 g/mol. The fourth-order valence-electron chi connectivity index (χ4n) is 1.20. The van der Waals surface area contributed by atoms with Crippen molar-refractivity contribution in [2.45, 2.75) is 31.8 Å². The third-order valence-electron chi connectivity index (χ3n) is 2.14. The maximum absolute atomic E-state index is 11.3. The first-order valence-electron chi connectivity index (χ1n) is 4.48. The van der Waals surface area contributed by atoms with Crippen molar-refractivity contribution in [1.82, 2.24) is 10.6 Å². The van der Waals surface area contributed by atoms with Gasteiger partial charge in [0.2, 0.25) is 11.8 Å². The molecule has 1 aliphatic rings. The summed E-state index contributed by atoms with van der Waals surface area (Å²) < 4.78 is 0. The summed E-state index contributed by atoms with van der Waals surface area (Å²) >= 11 is 0. The Bertz CT molecular complexity index is 217. The van der Waals surface area contributed by atoms with Crippen molar-refractivity contribution in [1.29, 1.82) is 0 Å². The van der Waals surface area contributed by atoms with Crippen LogP contribution in [-0.4, -0.2) is 30.4 Å². The number of rotatable bonds is 3. The molecule has 0 aromatic heterocycles. The molecule has 2 atom stereocenters. The fourth-order valence-corrected chi connectivity index (χ4v) is 1.20. The molecule has 0 aromatic rings. The van der Waals surface area contributed by atoms with Gasteiger partial charge in [0.25, 0.3) is 0 Å². The zero-order valence-electron chi connectivity index (χ0n) is 7.67. The number of amides is 2. The monoisotopic (exact) mass is 185 g/mol.